The number of nitriles is 1. The summed E-state index contributed by atoms with van der Waals surface area (Å²) in [5, 5.41) is 9.83. The van der Waals surface area contributed by atoms with Gasteiger partial charge in [-0.3, -0.25) is 0 Å². The van der Waals surface area contributed by atoms with Crippen LogP contribution >= 0.6 is 0 Å². The van der Waals surface area contributed by atoms with Gasteiger partial charge < -0.3 is 19.9 Å². The smallest absolute Gasteiger partial charge is 0.343 e. The maximum Gasteiger partial charge on any atom is 0.343 e. The van der Waals surface area contributed by atoms with E-state index in [2.05, 4.69) is 6.07 Å². The second kappa shape index (κ2) is 10.5. The summed E-state index contributed by atoms with van der Waals surface area (Å²) in [7, 11) is 0. The zero-order valence-corrected chi connectivity index (χ0v) is 20.5. The Morgan fingerprint density at radius 2 is 1.66 bits per heavy atom. The molecular formula is C31H23FN2O4. The van der Waals surface area contributed by atoms with Crippen molar-refractivity contribution in [3.05, 3.63) is 136 Å². The molecule has 0 saturated heterocycles. The van der Waals surface area contributed by atoms with Crippen molar-refractivity contribution in [1.29, 1.82) is 5.26 Å². The lowest BCUT2D eigenvalue weighted by Gasteiger charge is -2.26. The van der Waals surface area contributed by atoms with E-state index in [1.165, 1.54) is 12.1 Å². The summed E-state index contributed by atoms with van der Waals surface area (Å²) in [6.45, 7) is 2.23. The van der Waals surface area contributed by atoms with Gasteiger partial charge in [-0.25, -0.2) is 9.18 Å². The number of rotatable bonds is 6. The van der Waals surface area contributed by atoms with Crippen LogP contribution in [0.25, 0.3) is 0 Å². The first-order chi connectivity index (χ1) is 18.4. The Bertz CT molecular complexity index is 1550. The Morgan fingerprint density at radius 1 is 0.974 bits per heavy atom. The minimum absolute atomic E-state index is 0.0105. The average Bonchev–Trinajstić information content (AvgIpc) is 2.92. The molecule has 0 aromatic heterocycles. The number of hydrogen-bond acceptors (Lipinski definition) is 6. The van der Waals surface area contributed by atoms with Crippen LogP contribution in [0.15, 0.2) is 102 Å². The molecule has 4 aromatic rings. The fraction of sp³-hybridized carbons (Fsp3) is 0.0968. The number of hydrogen-bond donors (Lipinski definition) is 1. The van der Waals surface area contributed by atoms with Crippen LogP contribution in [0.5, 0.6) is 17.2 Å². The van der Waals surface area contributed by atoms with Crippen LogP contribution in [-0.4, -0.2) is 5.97 Å². The first-order valence-corrected chi connectivity index (χ1v) is 11.9. The van der Waals surface area contributed by atoms with Crippen LogP contribution < -0.4 is 19.9 Å². The van der Waals surface area contributed by atoms with E-state index < -0.39 is 11.9 Å². The maximum absolute atomic E-state index is 13.1. The first-order valence-electron chi connectivity index (χ1n) is 11.9. The number of esters is 1. The van der Waals surface area contributed by atoms with Gasteiger partial charge in [0.2, 0.25) is 5.88 Å². The van der Waals surface area contributed by atoms with Crippen molar-refractivity contribution in [2.24, 2.45) is 5.73 Å². The molecule has 0 saturated carbocycles. The molecule has 0 bridgehead atoms. The van der Waals surface area contributed by atoms with Crippen molar-refractivity contribution < 1.29 is 23.4 Å². The Balaban J connectivity index is 1.37. The maximum atomic E-state index is 13.1. The largest absolute Gasteiger partial charge is 0.489 e. The number of fused-ring (bicyclic) bond motifs is 1. The van der Waals surface area contributed by atoms with E-state index in [4.69, 9.17) is 19.9 Å². The van der Waals surface area contributed by atoms with E-state index in [-0.39, 0.29) is 17.3 Å². The van der Waals surface area contributed by atoms with Gasteiger partial charge in [0.05, 0.1) is 11.5 Å². The summed E-state index contributed by atoms with van der Waals surface area (Å²) in [4.78, 5) is 12.6. The molecule has 0 amide bonds. The van der Waals surface area contributed by atoms with Crippen LogP contribution in [0.4, 0.5) is 4.39 Å². The Labute approximate surface area is 219 Å². The Hall–Kier alpha value is -5.09. The van der Waals surface area contributed by atoms with Crippen LogP contribution in [0.1, 0.15) is 38.5 Å². The first kappa shape index (κ1) is 24.6. The molecule has 1 unspecified atom stereocenters. The molecule has 6 nitrogen and oxygen atoms in total. The predicted molar refractivity (Wildman–Crippen MR) is 139 cm³/mol. The van der Waals surface area contributed by atoms with Gasteiger partial charge >= 0.3 is 5.97 Å². The number of aryl methyl sites for hydroxylation is 1. The minimum Gasteiger partial charge on any atom is -0.489 e. The molecule has 0 radical (unpaired) electrons. The molecular weight excluding hydrogens is 483 g/mol. The second-order valence-electron chi connectivity index (χ2n) is 8.86. The fourth-order valence-electron chi connectivity index (χ4n) is 4.20. The van der Waals surface area contributed by atoms with Gasteiger partial charge in [-0.15, -0.1) is 0 Å². The predicted octanol–water partition coefficient (Wildman–Crippen LogP) is 6.15. The van der Waals surface area contributed by atoms with Gasteiger partial charge in [0.1, 0.15) is 41.3 Å². The van der Waals surface area contributed by atoms with Crippen molar-refractivity contribution in [2.45, 2.75) is 19.4 Å². The lowest BCUT2D eigenvalue weighted by molar-refractivity contribution is 0.0734. The third kappa shape index (κ3) is 5.20. The van der Waals surface area contributed by atoms with Gasteiger partial charge in [-0.2, -0.15) is 5.26 Å². The molecule has 1 atom stereocenters. The van der Waals surface area contributed by atoms with Crippen molar-refractivity contribution in [2.75, 3.05) is 0 Å². The van der Waals surface area contributed by atoms with Crippen molar-refractivity contribution in [3.63, 3.8) is 0 Å². The normalized spacial score (nSPS) is 14.2. The summed E-state index contributed by atoms with van der Waals surface area (Å²) in [6, 6.07) is 27.7. The highest BCUT2D eigenvalue weighted by molar-refractivity contribution is 5.91. The number of nitrogens with two attached hydrogens (primary N) is 1. The molecule has 4 aromatic carbocycles. The van der Waals surface area contributed by atoms with Gasteiger partial charge in [0, 0.05) is 11.6 Å². The van der Waals surface area contributed by atoms with E-state index in [0.717, 1.165) is 16.7 Å². The van der Waals surface area contributed by atoms with Gasteiger partial charge in [0.15, 0.2) is 0 Å². The molecule has 188 valence electrons. The summed E-state index contributed by atoms with van der Waals surface area (Å²) >= 11 is 0. The summed E-state index contributed by atoms with van der Waals surface area (Å²) < 4.78 is 30.2. The lowest BCUT2D eigenvalue weighted by Crippen LogP contribution is -2.21. The molecule has 0 spiro atoms. The van der Waals surface area contributed by atoms with Gasteiger partial charge in [-0.05, 0) is 60.5 Å². The third-order valence-electron chi connectivity index (χ3n) is 6.22. The number of carbonyl (C=O) groups is 1. The summed E-state index contributed by atoms with van der Waals surface area (Å²) in [5.74, 6) is 0.0459. The molecule has 38 heavy (non-hydrogen) atoms. The number of benzene rings is 4. The lowest BCUT2D eigenvalue weighted by atomic mass is 9.83. The quantitative estimate of drug-likeness (QED) is 0.249. The highest BCUT2D eigenvalue weighted by atomic mass is 19.1. The molecule has 5 rings (SSSR count). The summed E-state index contributed by atoms with van der Waals surface area (Å²) in [6.07, 6.45) is 0. The van der Waals surface area contributed by atoms with E-state index in [1.807, 2.05) is 31.2 Å². The number of nitrogens with zero attached hydrogens (tertiary/aromatic N) is 1. The van der Waals surface area contributed by atoms with Crippen LogP contribution in [0, 0.1) is 24.1 Å². The fourth-order valence-corrected chi connectivity index (χ4v) is 4.20. The standard InChI is InChI=1S/C31H23FN2O4/c1-19-2-6-22(7-3-19)31(35)37-25-14-15-26-28(16-25)38-30(34)27(17-33)29(26)21-8-12-24(13-9-21)36-18-20-4-10-23(32)11-5-20/h2-16,29H,18,34H2,1H3. The van der Waals surface area contributed by atoms with E-state index >= 15 is 0 Å². The van der Waals surface area contributed by atoms with Crippen molar-refractivity contribution in [1.82, 2.24) is 0 Å². The molecule has 1 heterocycles. The number of carbonyl (C=O) groups excluding carboxylic acids is 1. The SMILES string of the molecule is Cc1ccc(C(=O)Oc2ccc3c(c2)OC(N)=C(C#N)C3c2ccc(OCc3ccc(F)cc3)cc2)cc1. The van der Waals surface area contributed by atoms with E-state index in [9.17, 15) is 14.4 Å². The minimum atomic E-state index is -0.491. The molecule has 2 N–H and O–H groups in total. The van der Waals surface area contributed by atoms with Crippen LogP contribution in [0.2, 0.25) is 0 Å². The zero-order valence-electron chi connectivity index (χ0n) is 20.5. The average molecular weight is 507 g/mol. The second-order valence-corrected chi connectivity index (χ2v) is 8.86. The van der Waals surface area contributed by atoms with Crippen LogP contribution in [-0.2, 0) is 6.61 Å². The summed E-state index contributed by atoms with van der Waals surface area (Å²) in [5.41, 5.74) is 10.2. The number of halogens is 1. The molecule has 7 heteroatoms. The van der Waals surface area contributed by atoms with Crippen LogP contribution in [0.3, 0.4) is 0 Å². The molecule has 0 fully saturated rings. The molecule has 1 aliphatic rings. The van der Waals surface area contributed by atoms with Gasteiger partial charge in [0.25, 0.3) is 0 Å². The topological polar surface area (TPSA) is 94.6 Å². The van der Waals surface area contributed by atoms with Gasteiger partial charge in [-0.1, -0.05) is 48.0 Å². The highest BCUT2D eigenvalue weighted by Gasteiger charge is 2.31. The monoisotopic (exact) mass is 506 g/mol. The van der Waals surface area contributed by atoms with Crippen molar-refractivity contribution >= 4 is 5.97 Å². The van der Waals surface area contributed by atoms with Crippen molar-refractivity contribution in [3.8, 4) is 23.3 Å². The van der Waals surface area contributed by atoms with E-state index in [1.54, 1.807) is 54.6 Å². The zero-order chi connectivity index (χ0) is 26.6. The Morgan fingerprint density at radius 3 is 2.34 bits per heavy atom. The molecule has 1 aliphatic heterocycles. The third-order valence-corrected chi connectivity index (χ3v) is 6.22. The molecule has 0 aliphatic carbocycles. The number of allylic oxidation sites excluding steroid dienone is 1. The van der Waals surface area contributed by atoms with E-state index in [0.29, 0.717) is 35.0 Å². The Kier molecular flexibility index (Phi) is 6.79. The number of ether oxygens (including phenoxy) is 3. The highest BCUT2D eigenvalue weighted by Crippen LogP contribution is 2.43.